The van der Waals surface area contributed by atoms with Crippen LogP contribution in [0, 0.1) is 5.92 Å². The van der Waals surface area contributed by atoms with E-state index in [4.69, 9.17) is 22.9 Å². The van der Waals surface area contributed by atoms with Gasteiger partial charge in [-0.2, -0.15) is 0 Å². The van der Waals surface area contributed by atoms with Crippen LogP contribution in [0.25, 0.3) is 0 Å². The number of rotatable bonds is 18. The van der Waals surface area contributed by atoms with Crippen molar-refractivity contribution in [2.24, 2.45) is 38.8 Å². The molecule has 0 aliphatic heterocycles. The van der Waals surface area contributed by atoms with Crippen molar-refractivity contribution in [3.8, 4) is 0 Å². The number of hydrogen-bond acceptors (Lipinski definition) is 4. The Labute approximate surface area is 200 Å². The monoisotopic (exact) mass is 470 g/mol. The summed E-state index contributed by atoms with van der Waals surface area (Å²) in [7, 11) is 0. The van der Waals surface area contributed by atoms with Crippen LogP contribution in [0.4, 0.5) is 0 Å². The van der Waals surface area contributed by atoms with Gasteiger partial charge in [0.2, 0.25) is 11.8 Å². The molecule has 10 N–H and O–H groups in total. The van der Waals surface area contributed by atoms with Crippen molar-refractivity contribution in [2.45, 2.75) is 91.4 Å². The van der Waals surface area contributed by atoms with E-state index >= 15 is 0 Å². The number of nitrogens with one attached hydrogen (secondary N) is 2. The molecule has 10 heteroatoms. The number of amides is 2. The van der Waals surface area contributed by atoms with E-state index < -0.39 is 0 Å². The SMILES string of the molecule is CC(=O)NCCCCCCN=C(N)N.CCCCC(C)C(=O)NCCCCCCN=C(N)N. The zero-order valence-corrected chi connectivity index (χ0v) is 21.2. The maximum absolute atomic E-state index is 11.7. The quantitative estimate of drug-likeness (QED) is 0.100. The molecule has 0 bridgehead atoms. The first-order chi connectivity index (χ1) is 15.7. The molecule has 0 radical (unpaired) electrons. The van der Waals surface area contributed by atoms with Gasteiger partial charge in [-0.3, -0.25) is 19.6 Å². The Morgan fingerprint density at radius 2 is 1.18 bits per heavy atom. The predicted molar refractivity (Wildman–Crippen MR) is 139 cm³/mol. The van der Waals surface area contributed by atoms with Gasteiger partial charge < -0.3 is 33.6 Å². The molecule has 0 aliphatic carbocycles. The minimum Gasteiger partial charge on any atom is -0.370 e. The second kappa shape index (κ2) is 24.1. The summed E-state index contributed by atoms with van der Waals surface area (Å²) in [6, 6.07) is 0. The smallest absolute Gasteiger partial charge is 0.222 e. The van der Waals surface area contributed by atoms with Gasteiger partial charge in [-0.1, -0.05) is 52.4 Å². The van der Waals surface area contributed by atoms with E-state index in [0.29, 0.717) is 13.1 Å². The van der Waals surface area contributed by atoms with Crippen LogP contribution in [0.15, 0.2) is 9.98 Å². The van der Waals surface area contributed by atoms with Crippen molar-refractivity contribution in [1.82, 2.24) is 10.6 Å². The molecule has 194 valence electrons. The highest BCUT2D eigenvalue weighted by Gasteiger charge is 2.10. The molecule has 0 aromatic carbocycles. The summed E-state index contributed by atoms with van der Waals surface area (Å²) < 4.78 is 0. The third-order valence-electron chi connectivity index (χ3n) is 4.87. The lowest BCUT2D eigenvalue weighted by Gasteiger charge is -2.11. The van der Waals surface area contributed by atoms with Crippen molar-refractivity contribution in [3.05, 3.63) is 0 Å². The van der Waals surface area contributed by atoms with Crippen LogP contribution in [-0.2, 0) is 9.59 Å². The summed E-state index contributed by atoms with van der Waals surface area (Å²) in [4.78, 5) is 30.0. The molecular weight excluding hydrogens is 420 g/mol. The molecule has 0 aromatic rings. The van der Waals surface area contributed by atoms with Gasteiger partial charge in [-0.05, 0) is 32.1 Å². The summed E-state index contributed by atoms with van der Waals surface area (Å²) in [6.07, 6.45) is 11.7. The Morgan fingerprint density at radius 1 is 0.727 bits per heavy atom. The molecule has 0 saturated carbocycles. The van der Waals surface area contributed by atoms with E-state index in [1.165, 1.54) is 6.92 Å². The number of aliphatic imine (C=N–C) groups is 2. The topological polar surface area (TPSA) is 187 Å². The second-order valence-corrected chi connectivity index (χ2v) is 8.26. The summed E-state index contributed by atoms with van der Waals surface area (Å²) >= 11 is 0. The Kier molecular flexibility index (Phi) is 23.9. The lowest BCUT2D eigenvalue weighted by Crippen LogP contribution is -2.30. The molecule has 0 spiro atoms. The lowest BCUT2D eigenvalue weighted by atomic mass is 10.0. The lowest BCUT2D eigenvalue weighted by molar-refractivity contribution is -0.124. The first-order valence-corrected chi connectivity index (χ1v) is 12.3. The molecule has 0 saturated heterocycles. The summed E-state index contributed by atoms with van der Waals surface area (Å²) in [5, 5.41) is 5.74. The molecule has 10 nitrogen and oxygen atoms in total. The van der Waals surface area contributed by atoms with Gasteiger partial charge in [-0.15, -0.1) is 0 Å². The molecule has 0 fully saturated rings. The number of carbonyl (C=O) groups excluding carboxylic acids is 2. The van der Waals surface area contributed by atoms with Crippen LogP contribution in [-0.4, -0.2) is 49.9 Å². The molecule has 0 aromatic heterocycles. The molecule has 0 heterocycles. The van der Waals surface area contributed by atoms with Crippen LogP contribution >= 0.6 is 0 Å². The highest BCUT2D eigenvalue weighted by molar-refractivity contribution is 5.78. The van der Waals surface area contributed by atoms with E-state index in [0.717, 1.165) is 83.7 Å². The van der Waals surface area contributed by atoms with Crippen LogP contribution in [0.2, 0.25) is 0 Å². The fraction of sp³-hybridized carbons (Fsp3) is 0.826. The number of hydrogen-bond donors (Lipinski definition) is 6. The molecule has 33 heavy (non-hydrogen) atoms. The molecule has 2 amide bonds. The standard InChI is InChI=1S/C14H30N4O.C9H20N4O/c1-3-4-9-12(2)13(19)17-10-7-5-6-8-11-18-14(15)16;1-8(14)12-6-4-2-3-5-7-13-9(10)11/h12H,3-11H2,1-2H3,(H,17,19)(H4,15,16,18);2-7H2,1H3,(H,12,14)(H4,10,11,13). The fourth-order valence-corrected chi connectivity index (χ4v) is 2.89. The number of carbonyl (C=O) groups is 2. The van der Waals surface area contributed by atoms with Crippen molar-refractivity contribution in [3.63, 3.8) is 0 Å². The van der Waals surface area contributed by atoms with E-state index in [2.05, 4.69) is 27.5 Å². The van der Waals surface area contributed by atoms with Crippen LogP contribution in [0.5, 0.6) is 0 Å². The minimum absolute atomic E-state index is 0.0329. The molecule has 1 unspecified atom stereocenters. The first kappa shape index (κ1) is 32.7. The average molecular weight is 471 g/mol. The minimum atomic E-state index is 0.0329. The fourth-order valence-electron chi connectivity index (χ4n) is 2.89. The number of unbranched alkanes of at least 4 members (excludes halogenated alkanes) is 7. The summed E-state index contributed by atoms with van der Waals surface area (Å²) in [5.74, 6) is 0.679. The first-order valence-electron chi connectivity index (χ1n) is 12.3. The van der Waals surface area contributed by atoms with Crippen LogP contribution in [0.3, 0.4) is 0 Å². The predicted octanol–water partition coefficient (Wildman–Crippen LogP) is 1.72. The Morgan fingerprint density at radius 3 is 1.61 bits per heavy atom. The Hall–Kier alpha value is -2.52. The van der Waals surface area contributed by atoms with Gasteiger partial charge in [-0.25, -0.2) is 0 Å². The number of guanidine groups is 2. The average Bonchev–Trinajstić information content (AvgIpc) is 2.75. The normalized spacial score (nSPS) is 10.9. The molecule has 0 rings (SSSR count). The zero-order valence-electron chi connectivity index (χ0n) is 21.2. The van der Waals surface area contributed by atoms with Gasteiger partial charge in [0.25, 0.3) is 0 Å². The third kappa shape index (κ3) is 29.5. The van der Waals surface area contributed by atoms with Gasteiger partial charge >= 0.3 is 0 Å². The van der Waals surface area contributed by atoms with Crippen molar-refractivity contribution in [1.29, 1.82) is 0 Å². The van der Waals surface area contributed by atoms with Crippen LogP contribution in [0.1, 0.15) is 91.4 Å². The van der Waals surface area contributed by atoms with Crippen molar-refractivity contribution >= 4 is 23.7 Å². The third-order valence-corrected chi connectivity index (χ3v) is 4.87. The van der Waals surface area contributed by atoms with Crippen molar-refractivity contribution in [2.75, 3.05) is 26.2 Å². The Bertz CT molecular complexity index is 545. The second-order valence-electron chi connectivity index (χ2n) is 8.26. The summed E-state index contributed by atoms with van der Waals surface area (Å²) in [6.45, 7) is 8.60. The molecule has 1 atom stereocenters. The zero-order chi connectivity index (χ0) is 25.3. The van der Waals surface area contributed by atoms with E-state index in [-0.39, 0.29) is 29.7 Å². The van der Waals surface area contributed by atoms with Crippen LogP contribution < -0.4 is 33.6 Å². The van der Waals surface area contributed by atoms with E-state index in [1.807, 2.05) is 6.92 Å². The summed E-state index contributed by atoms with van der Waals surface area (Å²) in [5.41, 5.74) is 20.8. The van der Waals surface area contributed by atoms with E-state index in [9.17, 15) is 9.59 Å². The van der Waals surface area contributed by atoms with E-state index in [1.54, 1.807) is 0 Å². The largest absolute Gasteiger partial charge is 0.370 e. The molecule has 0 aliphatic rings. The van der Waals surface area contributed by atoms with Gasteiger partial charge in [0, 0.05) is 39.0 Å². The molecular formula is C23H50N8O2. The highest BCUT2D eigenvalue weighted by Crippen LogP contribution is 2.07. The van der Waals surface area contributed by atoms with Crippen molar-refractivity contribution < 1.29 is 9.59 Å². The van der Waals surface area contributed by atoms with Gasteiger partial charge in [0.15, 0.2) is 11.9 Å². The highest BCUT2D eigenvalue weighted by atomic mass is 16.2. The number of nitrogens with two attached hydrogens (primary N) is 4. The number of nitrogens with zero attached hydrogens (tertiary/aromatic N) is 2. The van der Waals surface area contributed by atoms with Gasteiger partial charge in [0.05, 0.1) is 0 Å². The maximum Gasteiger partial charge on any atom is 0.222 e. The van der Waals surface area contributed by atoms with Gasteiger partial charge in [0.1, 0.15) is 0 Å². The maximum atomic E-state index is 11.7. The Balaban J connectivity index is 0.